The smallest absolute Gasteiger partial charge is 0.267 e. The number of nitrogens with one attached hydrogen (secondary N) is 1. The van der Waals surface area contributed by atoms with Crippen LogP contribution in [0.3, 0.4) is 0 Å². The van der Waals surface area contributed by atoms with Crippen molar-refractivity contribution in [1.29, 1.82) is 0 Å². The molecule has 0 unspecified atom stereocenters. The van der Waals surface area contributed by atoms with Crippen molar-refractivity contribution in [2.45, 2.75) is 19.4 Å². The first-order valence-electron chi connectivity index (χ1n) is 7.55. The number of nitrogens with zero attached hydrogens (tertiary/aromatic N) is 1. The number of anilines is 1. The molecule has 0 saturated carbocycles. The van der Waals surface area contributed by atoms with Gasteiger partial charge in [0.2, 0.25) is 0 Å². The van der Waals surface area contributed by atoms with Gasteiger partial charge in [0.1, 0.15) is 11.6 Å². The van der Waals surface area contributed by atoms with Gasteiger partial charge >= 0.3 is 0 Å². The molecular weight excluding hydrogens is 307 g/mol. The molecule has 4 nitrogen and oxygen atoms in total. The van der Waals surface area contributed by atoms with Gasteiger partial charge in [-0.05, 0) is 62.4 Å². The van der Waals surface area contributed by atoms with Gasteiger partial charge in [0.25, 0.3) is 5.91 Å². The fourth-order valence-electron chi connectivity index (χ4n) is 2.33. The third-order valence-corrected chi connectivity index (χ3v) is 3.63. The Morgan fingerprint density at radius 3 is 2.58 bits per heavy atom. The van der Waals surface area contributed by atoms with Crippen molar-refractivity contribution in [1.82, 2.24) is 4.98 Å². The number of hydrogen-bond donors (Lipinski definition) is 1. The van der Waals surface area contributed by atoms with Crippen molar-refractivity contribution in [2.24, 2.45) is 0 Å². The van der Waals surface area contributed by atoms with E-state index < -0.39 is 5.60 Å². The number of pyridine rings is 1. The van der Waals surface area contributed by atoms with Gasteiger partial charge in [-0.3, -0.25) is 9.78 Å². The number of benzene rings is 2. The summed E-state index contributed by atoms with van der Waals surface area (Å²) in [4.78, 5) is 16.9. The molecule has 0 aliphatic carbocycles. The monoisotopic (exact) mass is 324 g/mol. The van der Waals surface area contributed by atoms with E-state index in [0.29, 0.717) is 11.4 Å². The number of carbonyl (C=O) groups excluding carboxylic acids is 1. The fraction of sp³-hybridized carbons (Fsp3) is 0.158. The molecule has 5 heteroatoms. The van der Waals surface area contributed by atoms with Gasteiger partial charge in [-0.2, -0.15) is 0 Å². The zero-order valence-electron chi connectivity index (χ0n) is 13.4. The van der Waals surface area contributed by atoms with E-state index in [9.17, 15) is 9.18 Å². The summed E-state index contributed by atoms with van der Waals surface area (Å²) >= 11 is 0. The van der Waals surface area contributed by atoms with Crippen molar-refractivity contribution in [3.05, 3.63) is 66.6 Å². The van der Waals surface area contributed by atoms with Crippen LogP contribution in [0.1, 0.15) is 13.8 Å². The Balaban J connectivity index is 1.81. The lowest BCUT2D eigenvalue weighted by Gasteiger charge is -2.25. The molecule has 0 aliphatic rings. The standard InChI is InChI=1S/C19H17FN2O2/c1-19(2,24-14-10-8-13(20)9-11-14)18(23)22-17-7-3-6-16-15(17)5-4-12-21-16/h3-12H,1-2H3,(H,22,23). The minimum atomic E-state index is -1.12. The lowest BCUT2D eigenvalue weighted by molar-refractivity contribution is -0.128. The maximum Gasteiger partial charge on any atom is 0.267 e. The Morgan fingerprint density at radius 1 is 1.08 bits per heavy atom. The third kappa shape index (κ3) is 3.35. The predicted molar refractivity (Wildman–Crippen MR) is 91.5 cm³/mol. The van der Waals surface area contributed by atoms with E-state index in [1.54, 1.807) is 20.0 Å². The van der Waals surface area contributed by atoms with Gasteiger partial charge in [0.15, 0.2) is 5.60 Å². The van der Waals surface area contributed by atoms with E-state index in [0.717, 1.165) is 10.9 Å². The van der Waals surface area contributed by atoms with Crippen LogP contribution >= 0.6 is 0 Å². The molecular formula is C19H17FN2O2. The van der Waals surface area contributed by atoms with Crippen LogP contribution in [0.5, 0.6) is 5.75 Å². The molecule has 3 aromatic rings. The van der Waals surface area contributed by atoms with Gasteiger partial charge in [-0.1, -0.05) is 6.07 Å². The molecule has 1 heterocycles. The van der Waals surface area contributed by atoms with Gasteiger partial charge in [0, 0.05) is 11.6 Å². The second-order valence-corrected chi connectivity index (χ2v) is 5.90. The molecule has 0 aliphatic heterocycles. The molecule has 1 amide bonds. The van der Waals surface area contributed by atoms with Crippen molar-refractivity contribution in [2.75, 3.05) is 5.32 Å². The lowest BCUT2D eigenvalue weighted by Crippen LogP contribution is -2.42. The summed E-state index contributed by atoms with van der Waals surface area (Å²) in [5.41, 5.74) is 0.344. The van der Waals surface area contributed by atoms with E-state index in [1.807, 2.05) is 30.3 Å². The number of ether oxygens (including phenoxy) is 1. The summed E-state index contributed by atoms with van der Waals surface area (Å²) in [6.07, 6.45) is 1.70. The average Bonchev–Trinajstić information content (AvgIpc) is 2.57. The summed E-state index contributed by atoms with van der Waals surface area (Å²) in [5, 5.41) is 3.73. The second kappa shape index (κ2) is 6.28. The number of halogens is 1. The summed E-state index contributed by atoms with van der Waals surface area (Å²) in [5.74, 6) is -0.229. The highest BCUT2D eigenvalue weighted by Gasteiger charge is 2.30. The average molecular weight is 324 g/mol. The summed E-state index contributed by atoms with van der Waals surface area (Å²) in [7, 11) is 0. The molecule has 1 aromatic heterocycles. The number of aromatic nitrogens is 1. The Labute approximate surface area is 139 Å². The first kappa shape index (κ1) is 15.9. The molecule has 24 heavy (non-hydrogen) atoms. The van der Waals surface area contributed by atoms with Crippen LogP contribution in [0.15, 0.2) is 60.8 Å². The van der Waals surface area contributed by atoms with Gasteiger partial charge in [-0.25, -0.2) is 4.39 Å². The number of rotatable bonds is 4. The van der Waals surface area contributed by atoms with Crippen LogP contribution in [0.2, 0.25) is 0 Å². The van der Waals surface area contributed by atoms with Crippen LogP contribution in [-0.4, -0.2) is 16.5 Å². The van der Waals surface area contributed by atoms with Gasteiger partial charge in [0.05, 0.1) is 11.2 Å². The van der Waals surface area contributed by atoms with E-state index in [2.05, 4.69) is 10.3 Å². The molecule has 0 fully saturated rings. The van der Waals surface area contributed by atoms with E-state index in [-0.39, 0.29) is 11.7 Å². The van der Waals surface area contributed by atoms with Crippen LogP contribution in [0.4, 0.5) is 10.1 Å². The SMILES string of the molecule is CC(C)(Oc1ccc(F)cc1)C(=O)Nc1cccc2ncccc12. The fourth-order valence-corrected chi connectivity index (χ4v) is 2.33. The Hall–Kier alpha value is -2.95. The largest absolute Gasteiger partial charge is 0.478 e. The first-order chi connectivity index (χ1) is 11.5. The van der Waals surface area contributed by atoms with Gasteiger partial charge < -0.3 is 10.1 Å². The van der Waals surface area contributed by atoms with Crippen molar-refractivity contribution < 1.29 is 13.9 Å². The summed E-state index contributed by atoms with van der Waals surface area (Å²) < 4.78 is 18.7. The zero-order valence-corrected chi connectivity index (χ0v) is 13.4. The van der Waals surface area contributed by atoms with Crippen LogP contribution in [0, 0.1) is 5.82 Å². The molecule has 3 rings (SSSR count). The second-order valence-electron chi connectivity index (χ2n) is 5.90. The topological polar surface area (TPSA) is 51.2 Å². The maximum atomic E-state index is 13.0. The molecule has 1 N–H and O–H groups in total. The maximum absolute atomic E-state index is 13.0. The van der Waals surface area contributed by atoms with Crippen molar-refractivity contribution in [3.63, 3.8) is 0 Å². The highest BCUT2D eigenvalue weighted by atomic mass is 19.1. The van der Waals surface area contributed by atoms with E-state index in [4.69, 9.17) is 4.74 Å². The first-order valence-corrected chi connectivity index (χ1v) is 7.55. The number of hydrogen-bond acceptors (Lipinski definition) is 3. The molecule has 0 atom stereocenters. The van der Waals surface area contributed by atoms with Crippen molar-refractivity contribution >= 4 is 22.5 Å². The lowest BCUT2D eigenvalue weighted by atomic mass is 10.1. The molecule has 0 bridgehead atoms. The molecule has 0 radical (unpaired) electrons. The molecule has 122 valence electrons. The normalized spacial score (nSPS) is 11.3. The minimum absolute atomic E-state index is 0.303. The molecule has 0 saturated heterocycles. The molecule has 0 spiro atoms. The summed E-state index contributed by atoms with van der Waals surface area (Å²) in [6.45, 7) is 3.32. The van der Waals surface area contributed by atoms with Crippen LogP contribution < -0.4 is 10.1 Å². The van der Waals surface area contributed by atoms with Crippen molar-refractivity contribution in [3.8, 4) is 5.75 Å². The Morgan fingerprint density at radius 2 is 1.83 bits per heavy atom. The summed E-state index contributed by atoms with van der Waals surface area (Å²) in [6, 6.07) is 14.8. The highest BCUT2D eigenvalue weighted by Crippen LogP contribution is 2.24. The predicted octanol–water partition coefficient (Wildman–Crippen LogP) is 4.17. The van der Waals surface area contributed by atoms with Crippen LogP contribution in [0.25, 0.3) is 10.9 Å². The zero-order chi connectivity index (χ0) is 17.2. The van der Waals surface area contributed by atoms with Gasteiger partial charge in [-0.15, -0.1) is 0 Å². The Bertz CT molecular complexity index is 871. The van der Waals surface area contributed by atoms with Crippen LogP contribution in [-0.2, 0) is 4.79 Å². The number of amides is 1. The number of carbonyl (C=O) groups is 1. The van der Waals surface area contributed by atoms with E-state index in [1.165, 1.54) is 24.3 Å². The van der Waals surface area contributed by atoms with E-state index >= 15 is 0 Å². The third-order valence-electron chi connectivity index (χ3n) is 3.63. The minimum Gasteiger partial charge on any atom is -0.478 e. The highest BCUT2D eigenvalue weighted by molar-refractivity contribution is 6.04. The molecule has 2 aromatic carbocycles. The number of fused-ring (bicyclic) bond motifs is 1. The quantitative estimate of drug-likeness (QED) is 0.783. The Kier molecular flexibility index (Phi) is 4.16.